The number of carbonyl (C=O) groups excluding carboxylic acids is 1. The predicted octanol–water partition coefficient (Wildman–Crippen LogP) is 2.11. The molecule has 0 fully saturated rings. The van der Waals surface area contributed by atoms with Crippen molar-refractivity contribution in [1.29, 1.82) is 0 Å². The van der Waals surface area contributed by atoms with Crippen molar-refractivity contribution in [2.45, 2.75) is 19.3 Å². The van der Waals surface area contributed by atoms with Gasteiger partial charge in [0.2, 0.25) is 0 Å². The van der Waals surface area contributed by atoms with Gasteiger partial charge in [-0.05, 0) is 30.0 Å². The van der Waals surface area contributed by atoms with Gasteiger partial charge in [-0.2, -0.15) is 0 Å². The zero-order valence-corrected chi connectivity index (χ0v) is 13.5. The fourth-order valence-corrected chi connectivity index (χ4v) is 2.15. The Kier molecular flexibility index (Phi) is 5.83. The van der Waals surface area contributed by atoms with Crippen LogP contribution in [0.15, 0.2) is 36.7 Å². The molecule has 0 saturated heterocycles. The van der Waals surface area contributed by atoms with Gasteiger partial charge in [0, 0.05) is 6.54 Å². The van der Waals surface area contributed by atoms with E-state index < -0.39 is 5.97 Å². The van der Waals surface area contributed by atoms with Crippen LogP contribution in [0.25, 0.3) is 0 Å². The van der Waals surface area contributed by atoms with E-state index in [-0.39, 0.29) is 23.2 Å². The lowest BCUT2D eigenvalue weighted by atomic mass is 9.98. The standard InChI is InChI=1S/C17H19N3O4/c1-11(12-3-5-13(24-2)6-4-12)7-8-18-16(21)14-9-20-15(10-19-14)17(22)23/h3-6,9-11H,7-8H2,1-2H3,(H,18,21)(H,22,23). The third-order valence-corrected chi connectivity index (χ3v) is 3.65. The minimum atomic E-state index is -1.18. The third kappa shape index (κ3) is 4.52. The van der Waals surface area contributed by atoms with E-state index in [9.17, 15) is 9.59 Å². The Bertz CT molecular complexity index is 699. The van der Waals surface area contributed by atoms with Crippen LogP contribution >= 0.6 is 0 Å². The predicted molar refractivity (Wildman–Crippen MR) is 87.4 cm³/mol. The van der Waals surface area contributed by atoms with Crippen molar-refractivity contribution in [3.8, 4) is 5.75 Å². The number of amides is 1. The molecule has 1 aromatic heterocycles. The first-order chi connectivity index (χ1) is 11.5. The molecule has 0 radical (unpaired) electrons. The summed E-state index contributed by atoms with van der Waals surface area (Å²) in [4.78, 5) is 30.1. The van der Waals surface area contributed by atoms with Crippen LogP contribution in [0.2, 0.25) is 0 Å². The van der Waals surface area contributed by atoms with Gasteiger partial charge in [0.25, 0.3) is 5.91 Å². The van der Waals surface area contributed by atoms with E-state index in [0.29, 0.717) is 6.54 Å². The largest absolute Gasteiger partial charge is 0.497 e. The second-order valence-electron chi connectivity index (χ2n) is 5.31. The van der Waals surface area contributed by atoms with E-state index in [2.05, 4.69) is 22.2 Å². The molecule has 1 amide bonds. The Morgan fingerprint density at radius 2 is 1.79 bits per heavy atom. The summed E-state index contributed by atoms with van der Waals surface area (Å²) in [6, 6.07) is 7.82. The maximum atomic E-state index is 11.9. The van der Waals surface area contributed by atoms with E-state index in [1.54, 1.807) is 7.11 Å². The average Bonchev–Trinajstić information content (AvgIpc) is 2.61. The first kappa shape index (κ1) is 17.4. The van der Waals surface area contributed by atoms with Gasteiger partial charge in [-0.15, -0.1) is 0 Å². The molecule has 126 valence electrons. The average molecular weight is 329 g/mol. The number of methoxy groups -OCH3 is 1. The normalized spacial score (nSPS) is 11.6. The minimum absolute atomic E-state index is 0.0945. The molecule has 0 saturated carbocycles. The number of nitrogens with zero attached hydrogens (tertiary/aromatic N) is 2. The number of nitrogens with one attached hydrogen (secondary N) is 1. The van der Waals surface area contributed by atoms with E-state index in [1.807, 2.05) is 24.3 Å². The molecule has 2 aromatic rings. The van der Waals surface area contributed by atoms with Gasteiger partial charge in [-0.1, -0.05) is 19.1 Å². The molecule has 1 heterocycles. The van der Waals surface area contributed by atoms with Crippen LogP contribution in [-0.4, -0.2) is 40.6 Å². The number of aromatic nitrogens is 2. The topological polar surface area (TPSA) is 101 Å². The molecule has 0 aliphatic rings. The monoisotopic (exact) mass is 329 g/mol. The highest BCUT2D eigenvalue weighted by Crippen LogP contribution is 2.21. The quantitative estimate of drug-likeness (QED) is 0.807. The lowest BCUT2D eigenvalue weighted by Gasteiger charge is -2.13. The summed E-state index contributed by atoms with van der Waals surface area (Å²) in [5, 5.41) is 11.5. The van der Waals surface area contributed by atoms with Crippen molar-refractivity contribution >= 4 is 11.9 Å². The second kappa shape index (κ2) is 8.05. The molecule has 7 heteroatoms. The zero-order valence-electron chi connectivity index (χ0n) is 13.5. The summed E-state index contributed by atoms with van der Waals surface area (Å²) >= 11 is 0. The first-order valence-corrected chi connectivity index (χ1v) is 7.48. The smallest absolute Gasteiger partial charge is 0.356 e. The Labute approximate surface area is 139 Å². The molecule has 0 spiro atoms. The van der Waals surface area contributed by atoms with Crippen LogP contribution < -0.4 is 10.1 Å². The van der Waals surface area contributed by atoms with Gasteiger partial charge in [-0.25, -0.2) is 14.8 Å². The molecule has 7 nitrogen and oxygen atoms in total. The summed E-state index contributed by atoms with van der Waals surface area (Å²) in [5.41, 5.74) is 1.06. The molecule has 0 aliphatic heterocycles. The van der Waals surface area contributed by atoms with Crippen LogP contribution in [0.1, 0.15) is 45.8 Å². The van der Waals surface area contributed by atoms with Crippen LogP contribution in [0, 0.1) is 0 Å². The maximum absolute atomic E-state index is 11.9. The van der Waals surface area contributed by atoms with Gasteiger partial charge in [0.05, 0.1) is 19.5 Å². The van der Waals surface area contributed by atoms with Crippen molar-refractivity contribution in [1.82, 2.24) is 15.3 Å². The number of hydrogen-bond acceptors (Lipinski definition) is 5. The highest BCUT2D eigenvalue weighted by Gasteiger charge is 2.11. The highest BCUT2D eigenvalue weighted by molar-refractivity contribution is 5.92. The van der Waals surface area contributed by atoms with E-state index in [0.717, 1.165) is 30.1 Å². The van der Waals surface area contributed by atoms with Crippen molar-refractivity contribution in [2.75, 3.05) is 13.7 Å². The molecule has 1 aromatic carbocycles. The highest BCUT2D eigenvalue weighted by atomic mass is 16.5. The third-order valence-electron chi connectivity index (χ3n) is 3.65. The van der Waals surface area contributed by atoms with Gasteiger partial charge in [0.1, 0.15) is 11.4 Å². The van der Waals surface area contributed by atoms with Gasteiger partial charge < -0.3 is 15.2 Å². The molecule has 2 rings (SSSR count). The Hall–Kier alpha value is -2.96. The zero-order chi connectivity index (χ0) is 17.5. The molecule has 0 aliphatic carbocycles. The first-order valence-electron chi connectivity index (χ1n) is 7.48. The van der Waals surface area contributed by atoms with E-state index in [1.165, 1.54) is 0 Å². The Balaban J connectivity index is 1.83. The minimum Gasteiger partial charge on any atom is -0.497 e. The van der Waals surface area contributed by atoms with Crippen molar-refractivity contribution in [3.05, 3.63) is 53.6 Å². The summed E-state index contributed by atoms with van der Waals surface area (Å²) in [6.45, 7) is 2.56. The lowest BCUT2D eigenvalue weighted by molar-refractivity contribution is 0.0689. The molecular weight excluding hydrogens is 310 g/mol. The van der Waals surface area contributed by atoms with Gasteiger partial charge in [-0.3, -0.25) is 4.79 Å². The number of aromatic carboxylic acids is 1. The number of hydrogen-bond donors (Lipinski definition) is 2. The SMILES string of the molecule is COc1ccc(C(C)CCNC(=O)c2cnc(C(=O)O)cn2)cc1. The molecule has 24 heavy (non-hydrogen) atoms. The Morgan fingerprint density at radius 1 is 1.17 bits per heavy atom. The van der Waals surface area contributed by atoms with Gasteiger partial charge >= 0.3 is 5.97 Å². The molecule has 1 atom stereocenters. The van der Waals surface area contributed by atoms with Crippen LogP contribution in [0.4, 0.5) is 0 Å². The Morgan fingerprint density at radius 3 is 2.33 bits per heavy atom. The van der Waals surface area contributed by atoms with Crippen molar-refractivity contribution in [2.24, 2.45) is 0 Å². The molecular formula is C17H19N3O4. The number of carbonyl (C=O) groups is 2. The van der Waals surface area contributed by atoms with E-state index >= 15 is 0 Å². The number of ether oxygens (including phenoxy) is 1. The second-order valence-corrected chi connectivity index (χ2v) is 5.31. The number of carboxylic acid groups (broad SMARTS) is 1. The summed E-state index contributed by atoms with van der Waals surface area (Å²) < 4.78 is 5.13. The fraction of sp³-hybridized carbons (Fsp3) is 0.294. The fourth-order valence-electron chi connectivity index (χ4n) is 2.15. The van der Waals surface area contributed by atoms with E-state index in [4.69, 9.17) is 9.84 Å². The number of rotatable bonds is 7. The maximum Gasteiger partial charge on any atom is 0.356 e. The van der Waals surface area contributed by atoms with Crippen molar-refractivity contribution < 1.29 is 19.4 Å². The van der Waals surface area contributed by atoms with Crippen LogP contribution in [0.5, 0.6) is 5.75 Å². The van der Waals surface area contributed by atoms with Gasteiger partial charge in [0.15, 0.2) is 5.69 Å². The molecule has 1 unspecified atom stereocenters. The summed E-state index contributed by atoms with van der Waals surface area (Å²) in [5.74, 6) is -0.469. The lowest BCUT2D eigenvalue weighted by Crippen LogP contribution is -2.26. The molecule has 0 bridgehead atoms. The number of carboxylic acids is 1. The van der Waals surface area contributed by atoms with Crippen LogP contribution in [-0.2, 0) is 0 Å². The summed E-state index contributed by atoms with van der Waals surface area (Å²) in [6.07, 6.45) is 2.99. The molecule has 2 N–H and O–H groups in total. The van der Waals surface area contributed by atoms with Crippen molar-refractivity contribution in [3.63, 3.8) is 0 Å². The number of benzene rings is 1. The summed E-state index contributed by atoms with van der Waals surface area (Å²) in [7, 11) is 1.62. The van der Waals surface area contributed by atoms with Crippen LogP contribution in [0.3, 0.4) is 0 Å².